The maximum Gasteiger partial charge on any atom is 0.164 e. The molecule has 2 N–H and O–H groups in total. The lowest BCUT2D eigenvalue weighted by molar-refractivity contribution is 0.388. The summed E-state index contributed by atoms with van der Waals surface area (Å²) in [6, 6.07) is 8.89. The number of piperidine rings is 1. The van der Waals surface area contributed by atoms with Crippen molar-refractivity contribution in [2.75, 3.05) is 18.0 Å². The number of rotatable bonds is 3. The van der Waals surface area contributed by atoms with Gasteiger partial charge in [-0.3, -0.25) is 0 Å². The molecule has 1 fully saturated rings. The standard InChI is InChI=1S/C16H21N3O/c1-12-2-4-13(5-3-12)10-16-15(11-18-20-16)19-8-6-14(17)7-9-19/h2-5,11,14H,6-10,17H2,1H3. The Kier molecular flexibility index (Phi) is 3.74. The van der Waals surface area contributed by atoms with Crippen LogP contribution in [0.5, 0.6) is 0 Å². The van der Waals surface area contributed by atoms with Crippen molar-refractivity contribution in [2.24, 2.45) is 5.73 Å². The molecule has 106 valence electrons. The predicted octanol–water partition coefficient (Wildman–Crippen LogP) is 2.50. The molecule has 4 nitrogen and oxygen atoms in total. The summed E-state index contributed by atoms with van der Waals surface area (Å²) in [5.74, 6) is 0.948. The first-order valence-electron chi connectivity index (χ1n) is 7.22. The fraction of sp³-hybridized carbons (Fsp3) is 0.438. The summed E-state index contributed by atoms with van der Waals surface area (Å²) >= 11 is 0. The minimum atomic E-state index is 0.339. The smallest absolute Gasteiger partial charge is 0.164 e. The minimum Gasteiger partial charge on any atom is -0.367 e. The molecule has 0 bridgehead atoms. The summed E-state index contributed by atoms with van der Waals surface area (Å²) < 4.78 is 5.46. The summed E-state index contributed by atoms with van der Waals surface area (Å²) in [6.07, 6.45) is 4.70. The molecule has 1 aromatic carbocycles. The van der Waals surface area contributed by atoms with Crippen molar-refractivity contribution in [3.63, 3.8) is 0 Å². The zero-order valence-corrected chi connectivity index (χ0v) is 11.9. The Morgan fingerprint density at radius 2 is 1.95 bits per heavy atom. The van der Waals surface area contributed by atoms with E-state index < -0.39 is 0 Å². The van der Waals surface area contributed by atoms with Gasteiger partial charge in [-0.1, -0.05) is 35.0 Å². The first-order chi connectivity index (χ1) is 9.72. The number of aromatic nitrogens is 1. The molecular weight excluding hydrogens is 250 g/mol. The Hall–Kier alpha value is -1.81. The normalized spacial score (nSPS) is 16.6. The molecular formula is C16H21N3O. The van der Waals surface area contributed by atoms with Gasteiger partial charge in [0.2, 0.25) is 0 Å². The van der Waals surface area contributed by atoms with E-state index in [1.807, 2.05) is 6.20 Å². The number of aryl methyl sites for hydroxylation is 1. The summed E-state index contributed by atoms with van der Waals surface area (Å²) in [4.78, 5) is 2.34. The van der Waals surface area contributed by atoms with Crippen LogP contribution >= 0.6 is 0 Å². The van der Waals surface area contributed by atoms with Crippen molar-refractivity contribution >= 4 is 5.69 Å². The predicted molar refractivity (Wildman–Crippen MR) is 79.9 cm³/mol. The maximum absolute atomic E-state index is 5.96. The Bertz CT molecular complexity index is 553. The van der Waals surface area contributed by atoms with E-state index >= 15 is 0 Å². The van der Waals surface area contributed by atoms with Crippen molar-refractivity contribution in [3.05, 3.63) is 47.3 Å². The van der Waals surface area contributed by atoms with E-state index in [1.54, 1.807) is 0 Å². The number of hydrogen-bond donors (Lipinski definition) is 1. The molecule has 0 saturated carbocycles. The van der Waals surface area contributed by atoms with E-state index in [-0.39, 0.29) is 0 Å². The fourth-order valence-electron chi connectivity index (χ4n) is 2.67. The number of nitrogens with zero attached hydrogens (tertiary/aromatic N) is 2. The topological polar surface area (TPSA) is 55.3 Å². The van der Waals surface area contributed by atoms with E-state index in [0.717, 1.165) is 43.8 Å². The van der Waals surface area contributed by atoms with Gasteiger partial charge in [0, 0.05) is 25.6 Å². The Morgan fingerprint density at radius 1 is 1.25 bits per heavy atom. The largest absolute Gasteiger partial charge is 0.367 e. The van der Waals surface area contributed by atoms with Crippen molar-refractivity contribution in [3.8, 4) is 0 Å². The van der Waals surface area contributed by atoms with Crippen LogP contribution in [0.1, 0.15) is 29.7 Å². The third kappa shape index (κ3) is 2.85. The van der Waals surface area contributed by atoms with Gasteiger partial charge in [-0.2, -0.15) is 0 Å². The van der Waals surface area contributed by atoms with Crippen molar-refractivity contribution in [1.29, 1.82) is 0 Å². The zero-order valence-electron chi connectivity index (χ0n) is 11.9. The number of nitrogens with two attached hydrogens (primary N) is 1. The van der Waals surface area contributed by atoms with Crippen molar-refractivity contribution < 1.29 is 4.52 Å². The van der Waals surface area contributed by atoms with E-state index in [0.29, 0.717) is 6.04 Å². The molecule has 4 heteroatoms. The number of anilines is 1. The second-order valence-electron chi connectivity index (χ2n) is 5.62. The summed E-state index contributed by atoms with van der Waals surface area (Å²) in [5, 5.41) is 3.98. The molecule has 2 heterocycles. The zero-order chi connectivity index (χ0) is 13.9. The highest BCUT2D eigenvalue weighted by molar-refractivity contribution is 5.49. The second kappa shape index (κ2) is 5.67. The SMILES string of the molecule is Cc1ccc(Cc2oncc2N2CCC(N)CC2)cc1. The van der Waals surface area contributed by atoms with Crippen LogP contribution in [0.25, 0.3) is 0 Å². The highest BCUT2D eigenvalue weighted by Gasteiger charge is 2.21. The van der Waals surface area contributed by atoms with Gasteiger partial charge in [-0.25, -0.2) is 0 Å². The lowest BCUT2D eigenvalue weighted by atomic mass is 10.0. The van der Waals surface area contributed by atoms with Gasteiger partial charge >= 0.3 is 0 Å². The third-order valence-corrected chi connectivity index (χ3v) is 3.99. The van der Waals surface area contributed by atoms with Crippen LogP contribution in [-0.4, -0.2) is 24.3 Å². The molecule has 0 spiro atoms. The first-order valence-corrected chi connectivity index (χ1v) is 7.22. The molecule has 1 aliphatic heterocycles. The lowest BCUT2D eigenvalue weighted by Crippen LogP contribution is -2.39. The molecule has 0 radical (unpaired) electrons. The van der Waals surface area contributed by atoms with Gasteiger partial charge in [0.1, 0.15) is 5.69 Å². The average molecular weight is 271 g/mol. The van der Waals surface area contributed by atoms with E-state index in [1.165, 1.54) is 11.1 Å². The van der Waals surface area contributed by atoms with Crippen LogP contribution in [0, 0.1) is 6.92 Å². The Balaban J connectivity index is 1.74. The van der Waals surface area contributed by atoms with Crippen LogP contribution in [0.3, 0.4) is 0 Å². The monoisotopic (exact) mass is 271 g/mol. The average Bonchev–Trinajstić information content (AvgIpc) is 2.90. The molecule has 1 aromatic heterocycles. The van der Waals surface area contributed by atoms with E-state index in [9.17, 15) is 0 Å². The summed E-state index contributed by atoms with van der Waals surface area (Å²) in [5.41, 5.74) is 9.61. The summed E-state index contributed by atoms with van der Waals surface area (Å²) in [7, 11) is 0. The van der Waals surface area contributed by atoms with Gasteiger partial charge in [0.05, 0.1) is 6.20 Å². The number of benzene rings is 1. The molecule has 0 aliphatic carbocycles. The van der Waals surface area contributed by atoms with Gasteiger partial charge in [-0.05, 0) is 25.3 Å². The molecule has 20 heavy (non-hydrogen) atoms. The summed E-state index contributed by atoms with van der Waals surface area (Å²) in [6.45, 7) is 4.08. The third-order valence-electron chi connectivity index (χ3n) is 3.99. The molecule has 0 unspecified atom stereocenters. The van der Waals surface area contributed by atoms with Crippen molar-refractivity contribution in [2.45, 2.75) is 32.2 Å². The lowest BCUT2D eigenvalue weighted by Gasteiger charge is -2.31. The Labute approximate surface area is 119 Å². The highest BCUT2D eigenvalue weighted by Crippen LogP contribution is 2.25. The van der Waals surface area contributed by atoms with Crippen LogP contribution in [0.4, 0.5) is 5.69 Å². The second-order valence-corrected chi connectivity index (χ2v) is 5.62. The molecule has 3 rings (SSSR count). The first kappa shape index (κ1) is 13.2. The fourth-order valence-corrected chi connectivity index (χ4v) is 2.67. The molecule has 1 aliphatic rings. The van der Waals surface area contributed by atoms with Crippen molar-refractivity contribution in [1.82, 2.24) is 5.16 Å². The van der Waals surface area contributed by atoms with Crippen LogP contribution in [0.2, 0.25) is 0 Å². The molecule has 2 aromatic rings. The van der Waals surface area contributed by atoms with E-state index in [4.69, 9.17) is 10.3 Å². The molecule has 0 amide bonds. The van der Waals surface area contributed by atoms with Crippen LogP contribution in [0.15, 0.2) is 35.0 Å². The minimum absolute atomic E-state index is 0.339. The van der Waals surface area contributed by atoms with Gasteiger partial charge in [0.15, 0.2) is 5.76 Å². The number of hydrogen-bond acceptors (Lipinski definition) is 4. The van der Waals surface area contributed by atoms with Crippen LogP contribution < -0.4 is 10.6 Å². The van der Waals surface area contributed by atoms with Gasteiger partial charge in [-0.15, -0.1) is 0 Å². The maximum atomic E-state index is 5.96. The molecule has 1 saturated heterocycles. The van der Waals surface area contributed by atoms with Gasteiger partial charge in [0.25, 0.3) is 0 Å². The molecule has 0 atom stereocenters. The van der Waals surface area contributed by atoms with Gasteiger partial charge < -0.3 is 15.2 Å². The quantitative estimate of drug-likeness (QED) is 0.932. The Morgan fingerprint density at radius 3 is 2.65 bits per heavy atom. The highest BCUT2D eigenvalue weighted by atomic mass is 16.5. The van der Waals surface area contributed by atoms with Crippen LogP contribution in [-0.2, 0) is 6.42 Å². The van der Waals surface area contributed by atoms with E-state index in [2.05, 4.69) is 41.2 Å².